The molecule has 0 aliphatic carbocycles. The molecule has 0 aromatic heterocycles. The van der Waals surface area contributed by atoms with Crippen molar-refractivity contribution in [3.05, 3.63) is 0 Å². The van der Waals surface area contributed by atoms with Crippen molar-refractivity contribution in [3.8, 4) is 0 Å². The van der Waals surface area contributed by atoms with E-state index in [0.717, 1.165) is 32.5 Å². The summed E-state index contributed by atoms with van der Waals surface area (Å²) in [6, 6.07) is 0. The van der Waals surface area contributed by atoms with Gasteiger partial charge in [0.25, 0.3) is 0 Å². The molecule has 1 unspecified atom stereocenters. The number of aliphatic carboxylic acids is 1. The molecule has 0 amide bonds. The summed E-state index contributed by atoms with van der Waals surface area (Å²) < 4.78 is 0. The van der Waals surface area contributed by atoms with Crippen molar-refractivity contribution in [2.45, 2.75) is 52.4 Å². The Hall–Kier alpha value is -0.570. The second-order valence-corrected chi connectivity index (χ2v) is 5.31. The number of carboxylic acid groups (broad SMARTS) is 1. The van der Waals surface area contributed by atoms with Crippen LogP contribution >= 0.6 is 0 Å². The molecule has 1 aliphatic heterocycles. The van der Waals surface area contributed by atoms with Gasteiger partial charge in [0.05, 0.1) is 5.41 Å². The van der Waals surface area contributed by atoms with Crippen LogP contribution in [0.4, 0.5) is 0 Å². The highest BCUT2D eigenvalue weighted by molar-refractivity contribution is 5.74. The third-order valence-corrected chi connectivity index (χ3v) is 3.62. The summed E-state index contributed by atoms with van der Waals surface area (Å²) in [5.74, 6) is -0.634. The van der Waals surface area contributed by atoms with Gasteiger partial charge in [-0.05, 0) is 39.3 Å². The first kappa shape index (κ1) is 13.5. The van der Waals surface area contributed by atoms with Crippen LogP contribution in [0.3, 0.4) is 0 Å². The van der Waals surface area contributed by atoms with Crippen molar-refractivity contribution in [2.75, 3.05) is 19.6 Å². The summed E-state index contributed by atoms with van der Waals surface area (Å²) >= 11 is 0. The van der Waals surface area contributed by atoms with Crippen LogP contribution < -0.4 is 0 Å². The van der Waals surface area contributed by atoms with Crippen molar-refractivity contribution in [1.82, 2.24) is 4.90 Å². The van der Waals surface area contributed by atoms with Gasteiger partial charge in [-0.25, -0.2) is 0 Å². The average molecular weight is 227 g/mol. The van der Waals surface area contributed by atoms with Crippen LogP contribution in [0.25, 0.3) is 0 Å². The molecule has 0 saturated carbocycles. The minimum Gasteiger partial charge on any atom is -0.481 e. The fourth-order valence-electron chi connectivity index (χ4n) is 2.47. The molecular formula is C13H25NO2. The maximum Gasteiger partial charge on any atom is 0.310 e. The molecule has 0 bridgehead atoms. The highest BCUT2D eigenvalue weighted by atomic mass is 16.4. The Morgan fingerprint density at radius 2 is 2.12 bits per heavy atom. The number of unbranched alkanes of at least 4 members (excludes halogenated alkanes) is 3. The van der Waals surface area contributed by atoms with E-state index in [-0.39, 0.29) is 0 Å². The zero-order valence-corrected chi connectivity index (χ0v) is 10.7. The lowest BCUT2D eigenvalue weighted by Gasteiger charge is -2.37. The quantitative estimate of drug-likeness (QED) is 0.709. The van der Waals surface area contributed by atoms with Crippen molar-refractivity contribution in [1.29, 1.82) is 0 Å². The maximum absolute atomic E-state index is 11.2. The predicted molar refractivity (Wildman–Crippen MR) is 65.6 cm³/mol. The van der Waals surface area contributed by atoms with Gasteiger partial charge in [0.15, 0.2) is 0 Å². The smallest absolute Gasteiger partial charge is 0.310 e. The molecule has 0 aromatic rings. The molecule has 1 aliphatic rings. The Labute approximate surface area is 98.8 Å². The number of likely N-dealkylation sites (tertiary alicyclic amines) is 1. The summed E-state index contributed by atoms with van der Waals surface area (Å²) in [6.07, 6.45) is 6.89. The fourth-order valence-corrected chi connectivity index (χ4v) is 2.47. The van der Waals surface area contributed by atoms with Crippen LogP contribution in [-0.2, 0) is 4.79 Å². The zero-order valence-electron chi connectivity index (χ0n) is 10.7. The third-order valence-electron chi connectivity index (χ3n) is 3.62. The van der Waals surface area contributed by atoms with Gasteiger partial charge in [-0.15, -0.1) is 0 Å². The van der Waals surface area contributed by atoms with Gasteiger partial charge in [-0.3, -0.25) is 4.79 Å². The Balaban J connectivity index is 2.30. The standard InChI is InChI=1S/C13H25NO2/c1-3-4-5-6-9-14-10-7-8-13(2,11-14)12(15)16/h3-11H2,1-2H3,(H,15,16). The second-order valence-electron chi connectivity index (χ2n) is 5.31. The summed E-state index contributed by atoms with van der Waals surface area (Å²) in [5, 5.41) is 9.20. The molecule has 0 spiro atoms. The summed E-state index contributed by atoms with van der Waals surface area (Å²) in [7, 11) is 0. The van der Waals surface area contributed by atoms with Gasteiger partial charge in [0.2, 0.25) is 0 Å². The van der Waals surface area contributed by atoms with E-state index < -0.39 is 11.4 Å². The first-order chi connectivity index (χ1) is 7.58. The predicted octanol–water partition coefficient (Wildman–Crippen LogP) is 2.75. The van der Waals surface area contributed by atoms with Gasteiger partial charge in [0, 0.05) is 6.54 Å². The van der Waals surface area contributed by atoms with Crippen LogP contribution in [0.15, 0.2) is 0 Å². The molecule has 1 atom stereocenters. The minimum atomic E-state index is -0.634. The van der Waals surface area contributed by atoms with E-state index in [1.165, 1.54) is 25.7 Å². The summed E-state index contributed by atoms with van der Waals surface area (Å²) in [6.45, 7) is 6.97. The van der Waals surface area contributed by atoms with Gasteiger partial charge >= 0.3 is 5.97 Å². The van der Waals surface area contributed by atoms with Crippen LogP contribution in [0, 0.1) is 5.41 Å². The molecule has 1 N–H and O–H groups in total. The van der Waals surface area contributed by atoms with Crippen LogP contribution in [0.5, 0.6) is 0 Å². The maximum atomic E-state index is 11.2. The SMILES string of the molecule is CCCCCCN1CCCC(C)(C(=O)O)C1. The molecule has 94 valence electrons. The largest absolute Gasteiger partial charge is 0.481 e. The highest BCUT2D eigenvalue weighted by Gasteiger charge is 2.37. The number of piperidine rings is 1. The molecule has 16 heavy (non-hydrogen) atoms. The zero-order chi connectivity index (χ0) is 12.0. The topological polar surface area (TPSA) is 40.5 Å². The van der Waals surface area contributed by atoms with E-state index in [4.69, 9.17) is 0 Å². The lowest BCUT2D eigenvalue weighted by atomic mass is 9.82. The molecule has 3 heteroatoms. The first-order valence-corrected chi connectivity index (χ1v) is 6.54. The normalized spacial score (nSPS) is 26.9. The van der Waals surface area contributed by atoms with Crippen LogP contribution in [0.1, 0.15) is 52.4 Å². The van der Waals surface area contributed by atoms with E-state index in [2.05, 4.69) is 11.8 Å². The Morgan fingerprint density at radius 1 is 1.38 bits per heavy atom. The molecule has 1 saturated heterocycles. The van der Waals surface area contributed by atoms with E-state index >= 15 is 0 Å². The molecule has 0 aromatic carbocycles. The molecule has 1 heterocycles. The number of carboxylic acids is 1. The van der Waals surface area contributed by atoms with Gasteiger partial charge in [0.1, 0.15) is 0 Å². The molecule has 1 rings (SSSR count). The Morgan fingerprint density at radius 3 is 2.75 bits per heavy atom. The van der Waals surface area contributed by atoms with E-state index in [1.54, 1.807) is 0 Å². The Kier molecular flexibility index (Phi) is 5.26. The van der Waals surface area contributed by atoms with E-state index in [1.807, 2.05) is 6.92 Å². The van der Waals surface area contributed by atoms with Crippen LogP contribution in [-0.4, -0.2) is 35.6 Å². The van der Waals surface area contributed by atoms with Crippen LogP contribution in [0.2, 0.25) is 0 Å². The lowest BCUT2D eigenvalue weighted by Crippen LogP contribution is -2.46. The summed E-state index contributed by atoms with van der Waals surface area (Å²) in [5.41, 5.74) is -0.511. The van der Waals surface area contributed by atoms with Gasteiger partial charge < -0.3 is 10.0 Å². The Bertz CT molecular complexity index is 230. The molecule has 3 nitrogen and oxygen atoms in total. The lowest BCUT2D eigenvalue weighted by molar-refractivity contribution is -0.151. The van der Waals surface area contributed by atoms with Crippen molar-refractivity contribution in [2.24, 2.45) is 5.41 Å². The third kappa shape index (κ3) is 3.78. The number of hydrogen-bond acceptors (Lipinski definition) is 2. The van der Waals surface area contributed by atoms with E-state index in [9.17, 15) is 9.90 Å². The van der Waals surface area contributed by atoms with Crippen molar-refractivity contribution in [3.63, 3.8) is 0 Å². The van der Waals surface area contributed by atoms with E-state index in [0.29, 0.717) is 0 Å². The number of carbonyl (C=O) groups is 1. The van der Waals surface area contributed by atoms with Gasteiger partial charge in [-0.2, -0.15) is 0 Å². The van der Waals surface area contributed by atoms with Gasteiger partial charge in [-0.1, -0.05) is 26.2 Å². The highest BCUT2D eigenvalue weighted by Crippen LogP contribution is 2.29. The monoisotopic (exact) mass is 227 g/mol. The fraction of sp³-hybridized carbons (Fsp3) is 0.923. The summed E-state index contributed by atoms with van der Waals surface area (Å²) in [4.78, 5) is 13.5. The molecule has 0 radical (unpaired) electrons. The number of nitrogens with zero attached hydrogens (tertiary/aromatic N) is 1. The number of hydrogen-bond donors (Lipinski definition) is 1. The molecular weight excluding hydrogens is 202 g/mol. The molecule has 1 fully saturated rings. The second kappa shape index (κ2) is 6.24. The number of rotatable bonds is 6. The van der Waals surface area contributed by atoms with Crippen molar-refractivity contribution >= 4 is 5.97 Å². The first-order valence-electron chi connectivity index (χ1n) is 6.54. The average Bonchev–Trinajstić information content (AvgIpc) is 2.24. The van der Waals surface area contributed by atoms with Crippen molar-refractivity contribution < 1.29 is 9.90 Å². The minimum absolute atomic E-state index is 0.511.